The Morgan fingerprint density at radius 1 is 0.878 bits per heavy atom. The van der Waals surface area contributed by atoms with Gasteiger partial charge < -0.3 is 15.0 Å². The lowest BCUT2D eigenvalue weighted by Gasteiger charge is -2.23. The Morgan fingerprint density at radius 2 is 1.55 bits per heavy atom. The van der Waals surface area contributed by atoms with E-state index in [-0.39, 0.29) is 39.3 Å². The number of carbonyl (C=O) groups excluding carboxylic acids is 3. The maximum absolute atomic E-state index is 16.2. The second-order valence-electron chi connectivity index (χ2n) is 12.1. The first-order valence-corrected chi connectivity index (χ1v) is 16.7. The smallest absolute Gasteiger partial charge is 0.329 e. The van der Waals surface area contributed by atoms with Crippen LogP contribution in [0.15, 0.2) is 102 Å². The molecule has 1 heterocycles. The summed E-state index contributed by atoms with van der Waals surface area (Å²) < 4.78 is 82.1. The Morgan fingerprint density at radius 3 is 2.29 bits per heavy atom. The highest BCUT2D eigenvalue weighted by Gasteiger charge is 2.51. The highest BCUT2D eigenvalue weighted by molar-refractivity contribution is 7.86. The van der Waals surface area contributed by atoms with Crippen LogP contribution in [0.25, 0.3) is 11.1 Å². The van der Waals surface area contributed by atoms with E-state index in [1.165, 1.54) is 42.5 Å². The molecular formula is C36H31F3N2O7S. The number of aryl methyl sites for hydroxylation is 1. The van der Waals surface area contributed by atoms with Gasteiger partial charge in [-0.25, -0.2) is 9.18 Å². The van der Waals surface area contributed by atoms with E-state index >= 15 is 4.39 Å². The third-order valence-electron chi connectivity index (χ3n) is 8.56. The minimum absolute atomic E-state index is 0.00819. The summed E-state index contributed by atoms with van der Waals surface area (Å²) in [6, 6.07) is 22.6. The third-order valence-corrected chi connectivity index (χ3v) is 9.84. The summed E-state index contributed by atoms with van der Waals surface area (Å²) in [4.78, 5) is 40.4. The second-order valence-corrected chi connectivity index (χ2v) is 13.7. The SMILES string of the molecule is Cc1ccc(S(=O)(=O)OC[C@@]2(F)C[C@@H](C(=O)OCc3ccccc3)N(C(=O)CNC(=O)c3ccc4c(c3)-c3ccccc3C4(F)F)C2)cc1. The molecule has 1 saturated heterocycles. The number of rotatable bonds is 10. The van der Waals surface area contributed by atoms with Crippen molar-refractivity contribution in [2.24, 2.45) is 0 Å². The van der Waals surface area contributed by atoms with Gasteiger partial charge in [-0.1, -0.05) is 78.4 Å². The summed E-state index contributed by atoms with van der Waals surface area (Å²) in [5.41, 5.74) is -0.967. The first-order chi connectivity index (χ1) is 23.3. The third kappa shape index (κ3) is 6.94. The zero-order valence-corrected chi connectivity index (χ0v) is 27.0. The molecule has 9 nitrogen and oxygen atoms in total. The van der Waals surface area contributed by atoms with Gasteiger partial charge >= 0.3 is 5.97 Å². The molecule has 0 radical (unpaired) electrons. The van der Waals surface area contributed by atoms with E-state index in [0.717, 1.165) is 16.5 Å². The molecule has 254 valence electrons. The number of hydrogen-bond donors (Lipinski definition) is 1. The first kappa shape index (κ1) is 33.9. The van der Waals surface area contributed by atoms with Gasteiger partial charge in [0.05, 0.1) is 18.0 Å². The summed E-state index contributed by atoms with van der Waals surface area (Å²) in [6.07, 6.45) is -0.623. The molecule has 0 spiro atoms. The predicted octanol–water partition coefficient (Wildman–Crippen LogP) is 5.30. The maximum atomic E-state index is 16.2. The van der Waals surface area contributed by atoms with Crippen molar-refractivity contribution >= 4 is 27.9 Å². The fourth-order valence-corrected chi connectivity index (χ4v) is 6.95. The van der Waals surface area contributed by atoms with Crippen LogP contribution in [0.4, 0.5) is 13.2 Å². The summed E-state index contributed by atoms with van der Waals surface area (Å²) in [5.74, 6) is -5.78. The molecule has 4 aromatic carbocycles. The van der Waals surface area contributed by atoms with Crippen LogP contribution in [-0.4, -0.2) is 62.5 Å². The summed E-state index contributed by atoms with van der Waals surface area (Å²) in [7, 11) is -4.37. The lowest BCUT2D eigenvalue weighted by atomic mass is 10.0. The predicted molar refractivity (Wildman–Crippen MR) is 172 cm³/mol. The topological polar surface area (TPSA) is 119 Å². The molecular weight excluding hydrogens is 661 g/mol. The minimum Gasteiger partial charge on any atom is -0.459 e. The molecule has 2 atom stereocenters. The van der Waals surface area contributed by atoms with Crippen LogP contribution in [0.1, 0.15) is 39.0 Å². The number of halogens is 3. The van der Waals surface area contributed by atoms with Gasteiger partial charge in [0, 0.05) is 23.1 Å². The lowest BCUT2D eigenvalue weighted by Crippen LogP contribution is -2.46. The molecule has 1 N–H and O–H groups in total. The van der Waals surface area contributed by atoms with E-state index in [0.29, 0.717) is 5.56 Å². The van der Waals surface area contributed by atoms with Crippen molar-refractivity contribution in [2.45, 2.75) is 42.5 Å². The molecule has 2 amide bonds. The van der Waals surface area contributed by atoms with Gasteiger partial charge in [-0.15, -0.1) is 0 Å². The molecule has 6 rings (SSSR count). The van der Waals surface area contributed by atoms with Gasteiger partial charge in [-0.3, -0.25) is 13.8 Å². The van der Waals surface area contributed by atoms with Gasteiger partial charge in [0.2, 0.25) is 5.91 Å². The fourth-order valence-electron chi connectivity index (χ4n) is 5.97. The number of amides is 2. The van der Waals surface area contributed by atoms with Gasteiger partial charge in [0.1, 0.15) is 19.3 Å². The van der Waals surface area contributed by atoms with Gasteiger partial charge in [-0.05, 0) is 47.9 Å². The molecule has 4 aromatic rings. The van der Waals surface area contributed by atoms with Crippen LogP contribution in [0.2, 0.25) is 0 Å². The molecule has 1 fully saturated rings. The summed E-state index contributed by atoms with van der Waals surface area (Å²) in [5, 5.41) is 2.42. The summed E-state index contributed by atoms with van der Waals surface area (Å²) >= 11 is 0. The van der Waals surface area contributed by atoms with Crippen LogP contribution in [0.5, 0.6) is 0 Å². The number of hydrogen-bond acceptors (Lipinski definition) is 7. The number of carbonyl (C=O) groups is 3. The van der Waals surface area contributed by atoms with Crippen LogP contribution in [0, 0.1) is 6.92 Å². The second kappa shape index (κ2) is 13.1. The number of nitrogens with zero attached hydrogens (tertiary/aromatic N) is 1. The largest absolute Gasteiger partial charge is 0.459 e. The highest BCUT2D eigenvalue weighted by Crippen LogP contribution is 2.51. The van der Waals surface area contributed by atoms with Gasteiger partial charge in [0.15, 0.2) is 5.67 Å². The average Bonchev–Trinajstić information content (AvgIpc) is 3.57. The van der Waals surface area contributed by atoms with Gasteiger partial charge in [-0.2, -0.15) is 17.2 Å². The summed E-state index contributed by atoms with van der Waals surface area (Å²) in [6.45, 7) is -0.774. The van der Waals surface area contributed by atoms with Gasteiger partial charge in [0.25, 0.3) is 21.9 Å². The number of fused-ring (bicyclic) bond motifs is 3. The van der Waals surface area contributed by atoms with Crippen molar-refractivity contribution < 1.29 is 44.9 Å². The Kier molecular flexibility index (Phi) is 9.07. The molecule has 0 bridgehead atoms. The first-order valence-electron chi connectivity index (χ1n) is 15.3. The number of alkyl halides is 3. The van der Waals surface area contributed by atoms with E-state index in [4.69, 9.17) is 8.92 Å². The Bertz CT molecular complexity index is 2020. The van der Waals surface area contributed by atoms with E-state index in [2.05, 4.69) is 5.32 Å². The molecule has 0 saturated carbocycles. The number of likely N-dealkylation sites (tertiary alicyclic amines) is 1. The van der Waals surface area contributed by atoms with E-state index < -0.39 is 71.7 Å². The molecule has 1 aliphatic carbocycles. The maximum Gasteiger partial charge on any atom is 0.329 e. The van der Waals surface area contributed by atoms with Crippen molar-refractivity contribution in [1.82, 2.24) is 10.2 Å². The molecule has 49 heavy (non-hydrogen) atoms. The average molecular weight is 693 g/mol. The molecule has 0 aromatic heterocycles. The van der Waals surface area contributed by atoms with Crippen molar-refractivity contribution in [3.8, 4) is 11.1 Å². The number of ether oxygens (including phenoxy) is 1. The number of esters is 1. The number of benzene rings is 4. The van der Waals surface area contributed by atoms with E-state index in [1.807, 2.05) is 0 Å². The van der Waals surface area contributed by atoms with E-state index in [9.17, 15) is 31.6 Å². The van der Waals surface area contributed by atoms with Crippen LogP contribution in [-0.2, 0) is 41.2 Å². The minimum atomic E-state index is -4.37. The number of nitrogens with one attached hydrogen (secondary N) is 1. The Hall–Kier alpha value is -5.01. The van der Waals surface area contributed by atoms with Crippen molar-refractivity contribution in [3.63, 3.8) is 0 Å². The normalized spacial score (nSPS) is 19.2. The highest BCUT2D eigenvalue weighted by atomic mass is 32.2. The molecule has 2 aliphatic rings. The van der Waals surface area contributed by atoms with Crippen molar-refractivity contribution in [1.29, 1.82) is 0 Å². The monoisotopic (exact) mass is 692 g/mol. The molecule has 13 heteroatoms. The van der Waals surface area contributed by atoms with Crippen LogP contribution >= 0.6 is 0 Å². The fraction of sp³-hybridized carbons (Fsp3) is 0.250. The lowest BCUT2D eigenvalue weighted by molar-refractivity contribution is -0.154. The molecule has 1 aliphatic heterocycles. The molecule has 0 unspecified atom stereocenters. The van der Waals surface area contributed by atoms with E-state index in [1.54, 1.807) is 55.5 Å². The van der Waals surface area contributed by atoms with Crippen LogP contribution < -0.4 is 5.32 Å². The Labute approximate surface area is 280 Å². The Balaban J connectivity index is 1.16. The standard InChI is InChI=1S/C36H31F3N2O7S/c1-23-11-14-26(15-12-23)49(45,46)48-22-35(37)18-31(34(44)47-20-24-7-3-2-4-8-24)41(21-35)32(42)19-40-33(43)25-13-16-30-28(17-25)27-9-5-6-10-29(27)36(30,38)39/h2-17,31H,18-22H2,1H3,(H,40,43)/t31-,35+/m0/s1. The van der Waals surface area contributed by atoms with Crippen molar-refractivity contribution in [3.05, 3.63) is 125 Å². The van der Waals surface area contributed by atoms with Crippen molar-refractivity contribution in [2.75, 3.05) is 19.7 Å². The zero-order valence-electron chi connectivity index (χ0n) is 26.2. The zero-order chi connectivity index (χ0) is 35.0. The van der Waals surface area contributed by atoms with Crippen LogP contribution in [0.3, 0.4) is 0 Å². The quantitative estimate of drug-likeness (QED) is 0.177.